The van der Waals surface area contributed by atoms with Crippen LogP contribution in [0.4, 0.5) is 4.39 Å². The third kappa shape index (κ3) is 3.76. The lowest BCUT2D eigenvalue weighted by Gasteiger charge is -2.26. The Morgan fingerprint density at radius 1 is 1.14 bits per heavy atom. The highest BCUT2D eigenvalue weighted by Crippen LogP contribution is 2.45. The van der Waals surface area contributed by atoms with E-state index in [1.165, 1.54) is 24.3 Å². The SMILES string of the molecule is Cc1[nH]nc2cc3c(-c4ccc(C(=O)O)cc4C#N)c(C4CCOCC4)n(-c4ccc(F)cc4)c3cc12. The first-order valence-corrected chi connectivity index (χ1v) is 12.1. The maximum atomic E-state index is 13.9. The van der Waals surface area contributed by atoms with Crippen molar-refractivity contribution in [1.29, 1.82) is 5.26 Å². The van der Waals surface area contributed by atoms with Gasteiger partial charge in [-0.15, -0.1) is 0 Å². The van der Waals surface area contributed by atoms with Gasteiger partial charge in [-0.05, 0) is 68.3 Å². The molecule has 1 saturated heterocycles. The first-order valence-electron chi connectivity index (χ1n) is 12.1. The van der Waals surface area contributed by atoms with Crippen LogP contribution in [0.15, 0.2) is 54.6 Å². The van der Waals surface area contributed by atoms with E-state index in [2.05, 4.69) is 26.9 Å². The van der Waals surface area contributed by atoms with E-state index in [0.29, 0.717) is 18.8 Å². The number of fused-ring (bicyclic) bond motifs is 2. The van der Waals surface area contributed by atoms with E-state index in [0.717, 1.165) is 57.3 Å². The number of aromatic amines is 1. The first-order chi connectivity index (χ1) is 18.0. The summed E-state index contributed by atoms with van der Waals surface area (Å²) >= 11 is 0. The molecule has 7 nitrogen and oxygen atoms in total. The second-order valence-corrected chi connectivity index (χ2v) is 9.37. The van der Waals surface area contributed by atoms with Crippen molar-refractivity contribution in [2.24, 2.45) is 0 Å². The molecule has 0 bridgehead atoms. The zero-order valence-electron chi connectivity index (χ0n) is 20.1. The van der Waals surface area contributed by atoms with Gasteiger partial charge < -0.3 is 14.4 Å². The minimum atomic E-state index is -1.09. The van der Waals surface area contributed by atoms with E-state index >= 15 is 0 Å². The number of hydrogen-bond acceptors (Lipinski definition) is 4. The monoisotopic (exact) mass is 494 g/mol. The quantitative estimate of drug-likeness (QED) is 0.315. The van der Waals surface area contributed by atoms with Crippen LogP contribution >= 0.6 is 0 Å². The molecule has 0 radical (unpaired) electrons. The number of aromatic nitrogens is 3. The Labute approximate surface area is 211 Å². The molecule has 0 aliphatic carbocycles. The summed E-state index contributed by atoms with van der Waals surface area (Å²) in [6.07, 6.45) is 1.58. The number of nitrogens with zero attached hydrogens (tertiary/aromatic N) is 3. The Kier molecular flexibility index (Phi) is 5.50. The molecule has 1 fully saturated rings. The third-order valence-electron chi connectivity index (χ3n) is 7.22. The van der Waals surface area contributed by atoms with Crippen molar-refractivity contribution in [2.45, 2.75) is 25.7 Å². The highest BCUT2D eigenvalue weighted by molar-refractivity contribution is 6.07. The molecule has 0 saturated carbocycles. The number of hydrogen-bond donors (Lipinski definition) is 2. The van der Waals surface area contributed by atoms with Crippen LogP contribution < -0.4 is 0 Å². The Morgan fingerprint density at radius 3 is 2.59 bits per heavy atom. The molecule has 0 spiro atoms. The van der Waals surface area contributed by atoms with Crippen LogP contribution in [0.3, 0.4) is 0 Å². The summed E-state index contributed by atoms with van der Waals surface area (Å²) in [6, 6.07) is 17.4. The van der Waals surface area contributed by atoms with Gasteiger partial charge in [-0.2, -0.15) is 10.4 Å². The molecule has 1 aliphatic heterocycles. The standard InChI is InChI=1S/C29H23FN4O3/c1-16-23-14-26-24(13-25(23)33-32-16)27(22-7-2-18(29(35)36)12-19(22)15-31)28(17-8-10-37-11-9-17)34(26)21-5-3-20(30)4-6-21/h2-7,12-14,17H,8-11H2,1H3,(H,32,33)(H,35,36). The Bertz CT molecular complexity index is 1720. The highest BCUT2D eigenvalue weighted by atomic mass is 19.1. The molecule has 184 valence electrons. The van der Waals surface area contributed by atoms with Crippen LogP contribution in [-0.4, -0.2) is 39.1 Å². The van der Waals surface area contributed by atoms with Crippen molar-refractivity contribution in [3.05, 3.63) is 82.9 Å². The van der Waals surface area contributed by atoms with Gasteiger partial charge in [-0.25, -0.2) is 9.18 Å². The van der Waals surface area contributed by atoms with Crippen molar-refractivity contribution in [3.63, 3.8) is 0 Å². The molecule has 8 heteroatoms. The fourth-order valence-corrected chi connectivity index (χ4v) is 5.44. The predicted molar refractivity (Wildman–Crippen MR) is 138 cm³/mol. The zero-order valence-corrected chi connectivity index (χ0v) is 20.1. The van der Waals surface area contributed by atoms with E-state index in [4.69, 9.17) is 4.74 Å². The maximum Gasteiger partial charge on any atom is 0.335 e. The number of carbonyl (C=O) groups is 1. The largest absolute Gasteiger partial charge is 0.478 e. The molecular weight excluding hydrogens is 471 g/mol. The van der Waals surface area contributed by atoms with Gasteiger partial charge >= 0.3 is 5.97 Å². The zero-order chi connectivity index (χ0) is 25.7. The van der Waals surface area contributed by atoms with Gasteiger partial charge in [0.05, 0.1) is 28.2 Å². The van der Waals surface area contributed by atoms with Crippen LogP contribution in [-0.2, 0) is 4.74 Å². The average molecular weight is 495 g/mol. The molecule has 3 heterocycles. The second-order valence-electron chi connectivity index (χ2n) is 9.37. The predicted octanol–water partition coefficient (Wildman–Crippen LogP) is 6.09. The van der Waals surface area contributed by atoms with Crippen molar-refractivity contribution in [2.75, 3.05) is 13.2 Å². The van der Waals surface area contributed by atoms with E-state index in [1.807, 2.05) is 13.0 Å². The molecular formula is C29H23FN4O3. The summed E-state index contributed by atoms with van der Waals surface area (Å²) < 4.78 is 21.8. The molecule has 0 unspecified atom stereocenters. The van der Waals surface area contributed by atoms with Crippen LogP contribution in [0.5, 0.6) is 0 Å². The lowest BCUT2D eigenvalue weighted by Crippen LogP contribution is -2.17. The number of halogens is 1. The Hall–Kier alpha value is -4.48. The van der Waals surface area contributed by atoms with Crippen LogP contribution in [0.25, 0.3) is 38.6 Å². The number of carboxylic acid groups (broad SMARTS) is 1. The number of ether oxygens (including phenoxy) is 1. The number of rotatable bonds is 4. The molecule has 6 rings (SSSR count). The normalized spacial score (nSPS) is 14.3. The summed E-state index contributed by atoms with van der Waals surface area (Å²) in [4.78, 5) is 11.6. The molecule has 5 aromatic rings. The fraction of sp³-hybridized carbons (Fsp3) is 0.207. The van der Waals surface area contributed by atoms with E-state index in [9.17, 15) is 19.6 Å². The number of H-pyrrole nitrogens is 1. The molecule has 3 aromatic carbocycles. The second kappa shape index (κ2) is 8.87. The number of nitriles is 1. The highest BCUT2D eigenvalue weighted by Gasteiger charge is 2.29. The first kappa shape index (κ1) is 23.0. The summed E-state index contributed by atoms with van der Waals surface area (Å²) in [6.45, 7) is 3.19. The maximum absolute atomic E-state index is 13.9. The van der Waals surface area contributed by atoms with Gasteiger partial charge in [-0.1, -0.05) is 6.07 Å². The van der Waals surface area contributed by atoms with Gasteiger partial charge in [0.1, 0.15) is 5.82 Å². The van der Waals surface area contributed by atoms with Gasteiger partial charge in [0.2, 0.25) is 0 Å². The van der Waals surface area contributed by atoms with E-state index in [-0.39, 0.29) is 22.9 Å². The van der Waals surface area contributed by atoms with Crippen LogP contribution in [0.2, 0.25) is 0 Å². The lowest BCUT2D eigenvalue weighted by molar-refractivity contribution is 0.0696. The Morgan fingerprint density at radius 2 is 1.89 bits per heavy atom. The number of nitrogens with one attached hydrogen (secondary N) is 1. The third-order valence-corrected chi connectivity index (χ3v) is 7.22. The molecule has 2 N–H and O–H groups in total. The topological polar surface area (TPSA) is 104 Å². The summed E-state index contributed by atoms with van der Waals surface area (Å²) in [5.74, 6) is -1.30. The fourth-order valence-electron chi connectivity index (χ4n) is 5.44. The van der Waals surface area contributed by atoms with Crippen molar-refractivity contribution in [3.8, 4) is 22.9 Å². The summed E-state index contributed by atoms with van der Waals surface area (Å²) in [7, 11) is 0. The van der Waals surface area contributed by atoms with Crippen LogP contribution in [0, 0.1) is 24.1 Å². The molecule has 37 heavy (non-hydrogen) atoms. The molecule has 0 atom stereocenters. The number of carboxylic acids is 1. The molecule has 0 amide bonds. The summed E-state index contributed by atoms with van der Waals surface area (Å²) in [5, 5.41) is 29.0. The lowest BCUT2D eigenvalue weighted by atomic mass is 9.88. The average Bonchev–Trinajstić information content (AvgIpc) is 3.45. The smallest absolute Gasteiger partial charge is 0.335 e. The van der Waals surface area contributed by atoms with Gasteiger partial charge in [0.15, 0.2) is 0 Å². The number of benzene rings is 3. The van der Waals surface area contributed by atoms with Crippen molar-refractivity contribution < 1.29 is 19.0 Å². The van der Waals surface area contributed by atoms with Crippen molar-refractivity contribution >= 4 is 27.8 Å². The van der Waals surface area contributed by atoms with E-state index < -0.39 is 5.97 Å². The Balaban J connectivity index is 1.77. The number of aromatic carboxylic acids is 1. The van der Waals surface area contributed by atoms with Crippen molar-refractivity contribution in [1.82, 2.24) is 14.8 Å². The number of aryl methyl sites for hydroxylation is 1. The van der Waals surface area contributed by atoms with Gasteiger partial charge in [-0.3, -0.25) is 5.10 Å². The van der Waals surface area contributed by atoms with Gasteiger partial charge in [0, 0.05) is 58.1 Å². The summed E-state index contributed by atoms with van der Waals surface area (Å²) in [5.41, 5.74) is 6.30. The minimum absolute atomic E-state index is 0.0560. The van der Waals surface area contributed by atoms with Gasteiger partial charge in [0.25, 0.3) is 0 Å². The molecule has 1 aliphatic rings. The minimum Gasteiger partial charge on any atom is -0.478 e. The van der Waals surface area contributed by atoms with Crippen LogP contribution in [0.1, 0.15) is 46.1 Å². The molecule has 2 aromatic heterocycles. The van der Waals surface area contributed by atoms with E-state index in [1.54, 1.807) is 18.2 Å².